The molecular weight excluding hydrogens is 404 g/mol. The van der Waals surface area contributed by atoms with Gasteiger partial charge in [-0.3, -0.25) is 9.48 Å². The molecule has 1 amide bonds. The Kier molecular flexibility index (Phi) is 6.04. The number of rotatable bonds is 6. The smallest absolute Gasteiger partial charge is 0.274 e. The number of hydrogen-bond donors (Lipinski definition) is 1. The molecule has 4 rings (SSSR count). The van der Waals surface area contributed by atoms with Crippen molar-refractivity contribution in [1.82, 2.24) is 20.0 Å². The minimum atomic E-state index is -0.0172. The summed E-state index contributed by atoms with van der Waals surface area (Å²) in [6.07, 6.45) is 2.79. The van der Waals surface area contributed by atoms with Gasteiger partial charge in [0, 0.05) is 49.4 Å². The van der Waals surface area contributed by atoms with Gasteiger partial charge < -0.3 is 10.2 Å². The molecule has 0 bridgehead atoms. The monoisotopic (exact) mass is 428 g/mol. The lowest BCUT2D eigenvalue weighted by Crippen LogP contribution is -2.35. The standard InChI is InChI=1S/C22H25ClN4OS/c1-26(14-15-6-4-3-5-7-15)22(28)21-18-12-16(8-10-19(18)27(2)25-21)24-13-17-9-11-20(23)29-17/h3-7,9,11,16,24H,8,10,12-14H2,1-2H3. The first-order valence-corrected chi connectivity index (χ1v) is 11.0. The summed E-state index contributed by atoms with van der Waals surface area (Å²) >= 11 is 7.64. The minimum absolute atomic E-state index is 0.0172. The number of benzene rings is 1. The van der Waals surface area contributed by atoms with Gasteiger partial charge in [0.25, 0.3) is 5.91 Å². The summed E-state index contributed by atoms with van der Waals surface area (Å²) in [4.78, 5) is 16.1. The number of halogens is 1. The normalized spacial score (nSPS) is 15.9. The molecule has 2 aromatic heterocycles. The average molecular weight is 429 g/mol. The van der Waals surface area contributed by atoms with E-state index < -0.39 is 0 Å². The molecule has 0 aliphatic heterocycles. The highest BCUT2D eigenvalue weighted by molar-refractivity contribution is 7.16. The van der Waals surface area contributed by atoms with E-state index in [2.05, 4.69) is 16.5 Å². The van der Waals surface area contributed by atoms with Crippen molar-refractivity contribution >= 4 is 28.8 Å². The van der Waals surface area contributed by atoms with Gasteiger partial charge in [0.05, 0.1) is 4.34 Å². The molecule has 0 radical (unpaired) electrons. The summed E-state index contributed by atoms with van der Waals surface area (Å²) in [5.74, 6) is -0.0172. The zero-order valence-electron chi connectivity index (χ0n) is 16.7. The number of carbonyl (C=O) groups is 1. The topological polar surface area (TPSA) is 50.2 Å². The van der Waals surface area contributed by atoms with Crippen molar-refractivity contribution < 1.29 is 4.79 Å². The first kappa shape index (κ1) is 20.1. The Hall–Kier alpha value is -2.15. The van der Waals surface area contributed by atoms with Gasteiger partial charge in [0.2, 0.25) is 0 Å². The SMILES string of the molecule is CN(Cc1ccccc1)C(=O)c1nn(C)c2c1CC(NCc1ccc(Cl)s1)CC2. The van der Waals surface area contributed by atoms with E-state index in [0.717, 1.165) is 41.3 Å². The second-order valence-electron chi connectivity index (χ2n) is 7.57. The number of aryl methyl sites for hydroxylation is 1. The van der Waals surface area contributed by atoms with Crippen LogP contribution >= 0.6 is 22.9 Å². The van der Waals surface area contributed by atoms with Crippen LogP contribution in [0.3, 0.4) is 0 Å². The molecule has 0 saturated carbocycles. The van der Waals surface area contributed by atoms with Crippen LogP contribution in [0.15, 0.2) is 42.5 Å². The van der Waals surface area contributed by atoms with Gasteiger partial charge in [-0.25, -0.2) is 0 Å². The number of nitrogens with zero attached hydrogens (tertiary/aromatic N) is 3. The van der Waals surface area contributed by atoms with Gasteiger partial charge in [0.1, 0.15) is 0 Å². The van der Waals surface area contributed by atoms with Gasteiger partial charge >= 0.3 is 0 Å². The molecule has 1 aromatic carbocycles. The van der Waals surface area contributed by atoms with E-state index in [4.69, 9.17) is 11.6 Å². The predicted octanol–water partition coefficient (Wildman–Crippen LogP) is 4.05. The number of hydrogen-bond acceptors (Lipinski definition) is 4. The van der Waals surface area contributed by atoms with Crippen molar-refractivity contribution in [2.45, 2.75) is 38.4 Å². The molecule has 1 N–H and O–H groups in total. The zero-order chi connectivity index (χ0) is 20.4. The molecule has 0 spiro atoms. The van der Waals surface area contributed by atoms with Crippen LogP contribution in [0.1, 0.15) is 38.6 Å². The molecule has 7 heteroatoms. The molecule has 1 aliphatic carbocycles. The highest BCUT2D eigenvalue weighted by Gasteiger charge is 2.29. The Bertz CT molecular complexity index is 998. The van der Waals surface area contributed by atoms with Gasteiger partial charge in [-0.2, -0.15) is 5.10 Å². The number of thiophene rings is 1. The highest BCUT2D eigenvalue weighted by Crippen LogP contribution is 2.26. The van der Waals surface area contributed by atoms with E-state index in [1.807, 2.05) is 55.2 Å². The third-order valence-electron chi connectivity index (χ3n) is 5.46. The summed E-state index contributed by atoms with van der Waals surface area (Å²) in [7, 11) is 3.78. The molecule has 2 heterocycles. The lowest BCUT2D eigenvalue weighted by Gasteiger charge is -2.24. The first-order chi connectivity index (χ1) is 14.0. The lowest BCUT2D eigenvalue weighted by atomic mass is 9.91. The maximum atomic E-state index is 13.1. The summed E-state index contributed by atoms with van der Waals surface area (Å²) in [6.45, 7) is 1.38. The molecule has 5 nitrogen and oxygen atoms in total. The van der Waals surface area contributed by atoms with Crippen molar-refractivity contribution in [1.29, 1.82) is 0 Å². The maximum absolute atomic E-state index is 13.1. The number of amides is 1. The summed E-state index contributed by atoms with van der Waals surface area (Å²) in [6, 6.07) is 14.4. The second kappa shape index (κ2) is 8.69. The summed E-state index contributed by atoms with van der Waals surface area (Å²) in [5.41, 5.74) is 3.97. The fourth-order valence-corrected chi connectivity index (χ4v) is 4.98. The molecule has 29 heavy (non-hydrogen) atoms. The van der Waals surface area contributed by atoms with E-state index in [0.29, 0.717) is 18.3 Å². The molecule has 0 fully saturated rings. The first-order valence-electron chi connectivity index (χ1n) is 9.83. The lowest BCUT2D eigenvalue weighted by molar-refractivity contribution is 0.0777. The van der Waals surface area contributed by atoms with Gasteiger partial charge in [-0.1, -0.05) is 41.9 Å². The van der Waals surface area contributed by atoms with E-state index in [1.54, 1.807) is 16.2 Å². The van der Waals surface area contributed by atoms with E-state index in [9.17, 15) is 4.79 Å². The maximum Gasteiger partial charge on any atom is 0.274 e. The number of aromatic nitrogens is 2. The number of carbonyl (C=O) groups excluding carboxylic acids is 1. The Morgan fingerprint density at radius 2 is 2.10 bits per heavy atom. The molecule has 3 aromatic rings. The van der Waals surface area contributed by atoms with Crippen LogP contribution in [0, 0.1) is 0 Å². The van der Waals surface area contributed by atoms with Crippen LogP contribution in [0.2, 0.25) is 4.34 Å². The van der Waals surface area contributed by atoms with Crippen molar-refractivity contribution in [3.63, 3.8) is 0 Å². The highest BCUT2D eigenvalue weighted by atomic mass is 35.5. The Labute approximate surface area is 180 Å². The van der Waals surface area contributed by atoms with Crippen LogP contribution in [0.4, 0.5) is 0 Å². The van der Waals surface area contributed by atoms with Crippen molar-refractivity contribution in [3.8, 4) is 0 Å². The number of nitrogens with one attached hydrogen (secondary N) is 1. The minimum Gasteiger partial charge on any atom is -0.336 e. The molecular formula is C22H25ClN4OS. The second-order valence-corrected chi connectivity index (χ2v) is 9.37. The van der Waals surface area contributed by atoms with Crippen molar-refractivity contribution in [2.75, 3.05) is 7.05 Å². The fourth-order valence-electron chi connectivity index (χ4n) is 3.94. The zero-order valence-corrected chi connectivity index (χ0v) is 18.3. The van der Waals surface area contributed by atoms with E-state index in [-0.39, 0.29) is 5.91 Å². The van der Waals surface area contributed by atoms with Gasteiger partial charge in [0.15, 0.2) is 5.69 Å². The predicted molar refractivity (Wildman–Crippen MR) is 117 cm³/mol. The summed E-state index contributed by atoms with van der Waals surface area (Å²) in [5, 5.41) is 8.22. The van der Waals surface area contributed by atoms with Crippen LogP contribution < -0.4 is 5.32 Å². The van der Waals surface area contributed by atoms with E-state index in [1.165, 1.54) is 10.6 Å². The van der Waals surface area contributed by atoms with Crippen molar-refractivity contribution in [2.24, 2.45) is 7.05 Å². The molecule has 1 atom stereocenters. The van der Waals surface area contributed by atoms with Crippen LogP contribution in [0.5, 0.6) is 0 Å². The molecule has 1 aliphatic rings. The van der Waals surface area contributed by atoms with E-state index >= 15 is 0 Å². The fraction of sp³-hybridized carbons (Fsp3) is 0.364. The Morgan fingerprint density at radius 1 is 1.31 bits per heavy atom. The largest absolute Gasteiger partial charge is 0.336 e. The van der Waals surface area contributed by atoms with Gasteiger partial charge in [-0.15, -0.1) is 11.3 Å². The van der Waals surface area contributed by atoms with Crippen LogP contribution in [-0.2, 0) is 33.0 Å². The Morgan fingerprint density at radius 3 is 2.83 bits per heavy atom. The molecule has 0 saturated heterocycles. The Balaban J connectivity index is 1.46. The third-order valence-corrected chi connectivity index (χ3v) is 6.69. The van der Waals surface area contributed by atoms with Crippen LogP contribution in [0.25, 0.3) is 0 Å². The summed E-state index contributed by atoms with van der Waals surface area (Å²) < 4.78 is 2.70. The van der Waals surface area contributed by atoms with Crippen LogP contribution in [-0.4, -0.2) is 33.7 Å². The third kappa shape index (κ3) is 4.55. The molecule has 152 valence electrons. The molecule has 1 unspecified atom stereocenters. The average Bonchev–Trinajstić information content (AvgIpc) is 3.29. The van der Waals surface area contributed by atoms with Crippen molar-refractivity contribution in [3.05, 3.63) is 74.2 Å². The quantitative estimate of drug-likeness (QED) is 0.644. The number of fused-ring (bicyclic) bond motifs is 1. The van der Waals surface area contributed by atoms with Gasteiger partial charge in [-0.05, 0) is 37.0 Å².